The first-order valence-corrected chi connectivity index (χ1v) is 9.29. The van der Waals surface area contributed by atoms with Crippen LogP contribution in [0.3, 0.4) is 0 Å². The Morgan fingerprint density at radius 1 is 0.821 bits per heavy atom. The van der Waals surface area contributed by atoms with Crippen LogP contribution in [0, 0.1) is 0 Å². The highest BCUT2D eigenvalue weighted by Crippen LogP contribution is 2.07. The minimum Gasteiger partial charge on any atom is -0.490 e. The van der Waals surface area contributed by atoms with E-state index in [4.69, 9.17) is 18.9 Å². The van der Waals surface area contributed by atoms with E-state index in [1.165, 1.54) is 0 Å². The third kappa shape index (κ3) is 14.6. The molecule has 0 radical (unpaired) electrons. The molecule has 0 bridgehead atoms. The van der Waals surface area contributed by atoms with E-state index in [1.54, 1.807) is 13.8 Å². The van der Waals surface area contributed by atoms with Crippen molar-refractivity contribution >= 4 is 11.9 Å². The number of carbonyl (C=O) groups is 2. The first-order valence-electron chi connectivity index (χ1n) is 9.29. The van der Waals surface area contributed by atoms with Crippen molar-refractivity contribution in [1.29, 1.82) is 0 Å². The van der Waals surface area contributed by atoms with Gasteiger partial charge in [0.2, 0.25) is 0 Å². The van der Waals surface area contributed by atoms with Crippen LogP contribution in [0.5, 0.6) is 5.75 Å². The lowest BCUT2D eigenvalue weighted by Crippen LogP contribution is -2.12. The van der Waals surface area contributed by atoms with Crippen molar-refractivity contribution in [2.24, 2.45) is 0 Å². The molecule has 0 spiro atoms. The molecule has 1 rings (SSSR count). The predicted octanol–water partition coefficient (Wildman–Crippen LogP) is 4.11. The lowest BCUT2D eigenvalue weighted by atomic mass is 10.3. The summed E-state index contributed by atoms with van der Waals surface area (Å²) >= 11 is 0. The van der Waals surface area contributed by atoms with Crippen molar-refractivity contribution in [3.8, 4) is 5.75 Å². The van der Waals surface area contributed by atoms with E-state index in [9.17, 15) is 9.59 Å². The van der Waals surface area contributed by atoms with Gasteiger partial charge in [0.05, 0.1) is 6.61 Å². The molecule has 0 N–H and O–H groups in total. The number of hydrogen-bond acceptors (Lipinski definition) is 6. The van der Waals surface area contributed by atoms with Gasteiger partial charge in [0.1, 0.15) is 25.6 Å². The van der Waals surface area contributed by atoms with Crippen LogP contribution in [-0.4, -0.2) is 45.0 Å². The Morgan fingerprint density at radius 3 is 1.86 bits per heavy atom. The van der Waals surface area contributed by atoms with Gasteiger partial charge >= 0.3 is 11.9 Å². The highest BCUT2D eigenvalue weighted by molar-refractivity contribution is 5.87. The molecule has 0 saturated heterocycles. The van der Waals surface area contributed by atoms with Gasteiger partial charge in [-0.25, -0.2) is 9.59 Å². The van der Waals surface area contributed by atoms with Gasteiger partial charge in [-0.2, -0.15) is 0 Å². The molecule has 6 nitrogen and oxygen atoms in total. The molecule has 1 aromatic rings. The van der Waals surface area contributed by atoms with E-state index in [0.717, 1.165) is 25.2 Å². The average Bonchev–Trinajstić information content (AvgIpc) is 2.68. The standard InChI is InChI=1S/C12H14O3.C10H18O3/c1-10(2)12(13)15-9-8-14-11-6-4-3-5-7-11;1-4-5-6-12-7-8-13-10(11)9(2)3/h3-7H,1,8-9H2,2H3;2,4-8H2,1,3H3. The molecule has 0 aliphatic heterocycles. The number of para-hydroxylation sites is 1. The molecule has 0 atom stereocenters. The van der Waals surface area contributed by atoms with Crippen LogP contribution in [0.25, 0.3) is 0 Å². The Morgan fingerprint density at radius 2 is 1.36 bits per heavy atom. The van der Waals surface area contributed by atoms with Crippen molar-refractivity contribution in [3.05, 3.63) is 54.6 Å². The zero-order valence-electron chi connectivity index (χ0n) is 17.2. The van der Waals surface area contributed by atoms with E-state index in [1.807, 2.05) is 30.3 Å². The minimum absolute atomic E-state index is 0.237. The summed E-state index contributed by atoms with van der Waals surface area (Å²) in [6, 6.07) is 9.37. The zero-order valence-corrected chi connectivity index (χ0v) is 17.2. The SMILES string of the molecule is C=C(C)C(=O)OCCOCCCC.C=C(C)C(=O)OCCOc1ccccc1. The zero-order chi connectivity index (χ0) is 21.2. The number of benzene rings is 1. The maximum atomic E-state index is 11.0. The van der Waals surface area contributed by atoms with Gasteiger partial charge in [-0.05, 0) is 32.4 Å². The summed E-state index contributed by atoms with van der Waals surface area (Å²) in [5.41, 5.74) is 0.822. The molecule has 0 aliphatic carbocycles. The van der Waals surface area contributed by atoms with E-state index in [-0.39, 0.29) is 18.5 Å². The first kappa shape index (κ1) is 25.4. The number of carbonyl (C=O) groups excluding carboxylic acids is 2. The summed E-state index contributed by atoms with van der Waals surface area (Å²) < 4.78 is 20.2. The molecular formula is C22H32O6. The van der Waals surface area contributed by atoms with E-state index >= 15 is 0 Å². The van der Waals surface area contributed by atoms with Gasteiger partial charge in [0.25, 0.3) is 0 Å². The summed E-state index contributed by atoms with van der Waals surface area (Å²) in [6.45, 7) is 14.4. The molecule has 0 saturated carbocycles. The van der Waals surface area contributed by atoms with Gasteiger partial charge in [-0.1, -0.05) is 44.7 Å². The lowest BCUT2D eigenvalue weighted by molar-refractivity contribution is -0.141. The summed E-state index contributed by atoms with van der Waals surface area (Å²) in [4.78, 5) is 21.8. The second-order valence-corrected chi connectivity index (χ2v) is 5.96. The number of unbranched alkanes of at least 4 members (excludes halogenated alkanes) is 1. The Kier molecular flexibility index (Phi) is 15.0. The van der Waals surface area contributed by atoms with Crippen molar-refractivity contribution in [2.45, 2.75) is 33.6 Å². The van der Waals surface area contributed by atoms with Crippen molar-refractivity contribution in [3.63, 3.8) is 0 Å². The number of esters is 2. The number of hydrogen-bond donors (Lipinski definition) is 0. The fourth-order valence-corrected chi connectivity index (χ4v) is 1.60. The third-order valence-electron chi connectivity index (χ3n) is 3.13. The summed E-state index contributed by atoms with van der Waals surface area (Å²) in [6.07, 6.45) is 2.17. The van der Waals surface area contributed by atoms with Crippen LogP contribution >= 0.6 is 0 Å². The molecule has 0 heterocycles. The third-order valence-corrected chi connectivity index (χ3v) is 3.13. The fraction of sp³-hybridized carbons (Fsp3) is 0.455. The predicted molar refractivity (Wildman–Crippen MR) is 109 cm³/mol. The normalized spacial score (nSPS) is 9.54. The second-order valence-electron chi connectivity index (χ2n) is 5.96. The fourth-order valence-electron chi connectivity index (χ4n) is 1.60. The molecule has 6 heteroatoms. The van der Waals surface area contributed by atoms with Crippen LogP contribution in [0.2, 0.25) is 0 Å². The van der Waals surface area contributed by atoms with E-state index in [2.05, 4.69) is 20.1 Å². The largest absolute Gasteiger partial charge is 0.490 e. The molecule has 0 fully saturated rings. The molecule has 28 heavy (non-hydrogen) atoms. The first-order chi connectivity index (χ1) is 13.4. The Hall–Kier alpha value is -2.60. The van der Waals surface area contributed by atoms with E-state index in [0.29, 0.717) is 31.0 Å². The van der Waals surface area contributed by atoms with Crippen molar-refractivity contribution in [2.75, 3.05) is 33.0 Å². The highest BCUT2D eigenvalue weighted by Gasteiger charge is 2.02. The topological polar surface area (TPSA) is 71.1 Å². The van der Waals surface area contributed by atoms with E-state index < -0.39 is 0 Å². The monoisotopic (exact) mass is 392 g/mol. The smallest absolute Gasteiger partial charge is 0.333 e. The van der Waals surface area contributed by atoms with Crippen molar-refractivity contribution in [1.82, 2.24) is 0 Å². The Labute approximate surface area is 168 Å². The molecule has 0 unspecified atom stereocenters. The van der Waals surface area contributed by atoms with Crippen LogP contribution < -0.4 is 4.74 Å². The van der Waals surface area contributed by atoms with Gasteiger partial charge in [-0.3, -0.25) is 0 Å². The Bertz CT molecular complexity index is 594. The van der Waals surface area contributed by atoms with Crippen LogP contribution in [0.1, 0.15) is 33.6 Å². The lowest BCUT2D eigenvalue weighted by Gasteiger charge is -2.06. The van der Waals surface area contributed by atoms with Crippen molar-refractivity contribution < 1.29 is 28.5 Å². The second kappa shape index (κ2) is 16.6. The Balaban J connectivity index is 0.000000528. The summed E-state index contributed by atoms with van der Waals surface area (Å²) in [7, 11) is 0. The van der Waals surface area contributed by atoms with Crippen LogP contribution in [0.15, 0.2) is 54.6 Å². The molecule has 0 aromatic heterocycles. The highest BCUT2D eigenvalue weighted by atomic mass is 16.6. The average molecular weight is 392 g/mol. The molecule has 0 aliphatic rings. The molecular weight excluding hydrogens is 360 g/mol. The van der Waals surface area contributed by atoms with Crippen LogP contribution in [0.4, 0.5) is 0 Å². The number of ether oxygens (including phenoxy) is 4. The summed E-state index contributed by atoms with van der Waals surface area (Å²) in [5.74, 6) is 0.0367. The maximum absolute atomic E-state index is 11.0. The van der Waals surface area contributed by atoms with Crippen LogP contribution in [-0.2, 0) is 23.8 Å². The maximum Gasteiger partial charge on any atom is 0.333 e. The molecule has 1 aromatic carbocycles. The minimum atomic E-state index is -0.383. The van der Waals surface area contributed by atoms with Gasteiger partial charge in [-0.15, -0.1) is 0 Å². The van der Waals surface area contributed by atoms with Gasteiger partial charge in [0, 0.05) is 17.8 Å². The van der Waals surface area contributed by atoms with Gasteiger partial charge in [0.15, 0.2) is 0 Å². The molecule has 0 amide bonds. The summed E-state index contributed by atoms with van der Waals surface area (Å²) in [5, 5.41) is 0. The van der Waals surface area contributed by atoms with Gasteiger partial charge < -0.3 is 18.9 Å². The molecule has 156 valence electrons. The quantitative estimate of drug-likeness (QED) is 0.303. The number of rotatable bonds is 12.